The molecule has 2 aromatic heterocycles. The number of aryl methyl sites for hydroxylation is 1. The van der Waals surface area contributed by atoms with Gasteiger partial charge in [-0.3, -0.25) is 4.90 Å². The second kappa shape index (κ2) is 8.10. The molecule has 1 N–H and O–H groups in total. The number of cyclic esters (lactones) is 1. The number of carbonyl (C=O) groups excluding carboxylic acids is 1. The number of aromatic nitrogens is 4. The van der Waals surface area contributed by atoms with E-state index in [1.54, 1.807) is 17.2 Å². The standard InChI is InChI=1S/C21H24N6O3/c1-12(2)16-11-29-21(28)27(16)17-9-10-22-20(24-17)23-14(4)19-25-18(26-30-19)15-8-6-5-7-13(15)3/h5-10,12,14,16H,11H2,1-4H3,(H,22,23,24)/t14-,16-/m1/s1. The summed E-state index contributed by atoms with van der Waals surface area (Å²) in [4.78, 5) is 27.0. The van der Waals surface area contributed by atoms with Crippen LogP contribution < -0.4 is 10.2 Å². The molecule has 0 unspecified atom stereocenters. The van der Waals surface area contributed by atoms with Gasteiger partial charge in [-0.2, -0.15) is 9.97 Å². The Hall–Kier alpha value is -3.49. The molecule has 0 bridgehead atoms. The van der Waals surface area contributed by atoms with Gasteiger partial charge in [0.15, 0.2) is 0 Å². The Bertz CT molecular complexity index is 1050. The average molecular weight is 408 g/mol. The van der Waals surface area contributed by atoms with Gasteiger partial charge >= 0.3 is 6.09 Å². The minimum Gasteiger partial charge on any atom is -0.447 e. The van der Waals surface area contributed by atoms with Crippen LogP contribution in [0.2, 0.25) is 0 Å². The Balaban J connectivity index is 1.52. The largest absolute Gasteiger partial charge is 0.447 e. The van der Waals surface area contributed by atoms with Gasteiger partial charge in [-0.05, 0) is 31.4 Å². The van der Waals surface area contributed by atoms with E-state index in [9.17, 15) is 4.79 Å². The highest BCUT2D eigenvalue weighted by Gasteiger charge is 2.37. The third-order valence-electron chi connectivity index (χ3n) is 5.11. The van der Waals surface area contributed by atoms with Gasteiger partial charge in [0, 0.05) is 11.8 Å². The number of carbonyl (C=O) groups is 1. The Kier molecular flexibility index (Phi) is 5.35. The number of anilines is 2. The van der Waals surface area contributed by atoms with E-state index in [1.165, 1.54) is 0 Å². The maximum atomic E-state index is 12.2. The molecule has 0 saturated carbocycles. The monoisotopic (exact) mass is 408 g/mol. The van der Waals surface area contributed by atoms with Crippen LogP contribution in [0.1, 0.15) is 38.3 Å². The molecule has 3 heterocycles. The average Bonchev–Trinajstić information content (AvgIpc) is 3.36. The first-order valence-corrected chi connectivity index (χ1v) is 9.89. The number of nitrogens with zero attached hydrogens (tertiary/aromatic N) is 5. The maximum absolute atomic E-state index is 12.2. The lowest BCUT2D eigenvalue weighted by atomic mass is 10.0. The lowest BCUT2D eigenvalue weighted by molar-refractivity contribution is 0.177. The first-order valence-electron chi connectivity index (χ1n) is 9.89. The molecule has 1 amide bonds. The Labute approximate surface area is 174 Å². The highest BCUT2D eigenvalue weighted by Crippen LogP contribution is 2.27. The molecular formula is C21H24N6O3. The molecule has 0 spiro atoms. The fourth-order valence-corrected chi connectivity index (χ4v) is 3.34. The fourth-order valence-electron chi connectivity index (χ4n) is 3.34. The molecule has 1 aliphatic rings. The zero-order chi connectivity index (χ0) is 21.3. The van der Waals surface area contributed by atoms with Gasteiger partial charge in [0.2, 0.25) is 17.7 Å². The van der Waals surface area contributed by atoms with E-state index in [-0.39, 0.29) is 18.0 Å². The number of nitrogens with one attached hydrogen (secondary N) is 1. The van der Waals surface area contributed by atoms with Gasteiger partial charge < -0.3 is 14.6 Å². The van der Waals surface area contributed by atoms with Crippen molar-refractivity contribution >= 4 is 17.9 Å². The molecule has 3 aromatic rings. The molecule has 30 heavy (non-hydrogen) atoms. The van der Waals surface area contributed by atoms with Crippen molar-refractivity contribution in [2.45, 2.75) is 39.8 Å². The van der Waals surface area contributed by atoms with Crippen LogP contribution in [0, 0.1) is 12.8 Å². The molecule has 1 saturated heterocycles. The highest BCUT2D eigenvalue weighted by molar-refractivity contribution is 5.89. The van der Waals surface area contributed by atoms with Gasteiger partial charge in [0.1, 0.15) is 18.5 Å². The predicted molar refractivity (Wildman–Crippen MR) is 111 cm³/mol. The molecule has 156 valence electrons. The Morgan fingerprint density at radius 3 is 2.73 bits per heavy atom. The van der Waals surface area contributed by atoms with Crippen molar-refractivity contribution < 1.29 is 14.1 Å². The summed E-state index contributed by atoms with van der Waals surface area (Å²) in [5, 5.41) is 7.26. The van der Waals surface area contributed by atoms with E-state index in [0.29, 0.717) is 30.1 Å². The molecule has 0 aliphatic carbocycles. The van der Waals surface area contributed by atoms with Crippen molar-refractivity contribution in [3.63, 3.8) is 0 Å². The van der Waals surface area contributed by atoms with Crippen molar-refractivity contribution in [2.24, 2.45) is 5.92 Å². The van der Waals surface area contributed by atoms with E-state index < -0.39 is 6.09 Å². The molecule has 1 aromatic carbocycles. The molecule has 2 atom stereocenters. The third-order valence-corrected chi connectivity index (χ3v) is 5.11. The van der Waals surface area contributed by atoms with Gasteiger partial charge in [-0.1, -0.05) is 43.3 Å². The van der Waals surface area contributed by atoms with Gasteiger partial charge in [-0.25, -0.2) is 9.78 Å². The molecular weight excluding hydrogens is 384 g/mol. The second-order valence-corrected chi connectivity index (χ2v) is 7.63. The van der Waals surface area contributed by atoms with E-state index >= 15 is 0 Å². The molecule has 9 nitrogen and oxygen atoms in total. The summed E-state index contributed by atoms with van der Waals surface area (Å²) in [5.41, 5.74) is 1.99. The summed E-state index contributed by atoms with van der Waals surface area (Å²) < 4.78 is 10.7. The van der Waals surface area contributed by atoms with E-state index in [0.717, 1.165) is 11.1 Å². The first-order chi connectivity index (χ1) is 14.4. The first kappa shape index (κ1) is 19.8. The minimum atomic E-state index is -0.397. The normalized spacial score (nSPS) is 17.3. The van der Waals surface area contributed by atoms with Crippen molar-refractivity contribution in [1.82, 2.24) is 20.1 Å². The summed E-state index contributed by atoms with van der Waals surface area (Å²) in [7, 11) is 0. The van der Waals surface area contributed by atoms with Crippen LogP contribution in [0.3, 0.4) is 0 Å². The summed E-state index contributed by atoms with van der Waals surface area (Å²) >= 11 is 0. The minimum absolute atomic E-state index is 0.0646. The van der Waals surface area contributed by atoms with Crippen LogP contribution in [0.5, 0.6) is 0 Å². The van der Waals surface area contributed by atoms with E-state index in [4.69, 9.17) is 9.26 Å². The van der Waals surface area contributed by atoms with Crippen LogP contribution in [0.15, 0.2) is 41.1 Å². The fraction of sp³-hybridized carbons (Fsp3) is 0.381. The molecule has 0 radical (unpaired) electrons. The molecule has 9 heteroatoms. The summed E-state index contributed by atoms with van der Waals surface area (Å²) in [6, 6.07) is 9.17. The Morgan fingerprint density at radius 2 is 1.97 bits per heavy atom. The highest BCUT2D eigenvalue weighted by atomic mass is 16.6. The quantitative estimate of drug-likeness (QED) is 0.652. The SMILES string of the molecule is Cc1ccccc1-c1noc([C@@H](C)Nc2nccc(N3C(=O)OC[C@@H]3C(C)C)n2)n1. The van der Waals surface area contributed by atoms with Crippen LogP contribution in [-0.4, -0.2) is 38.9 Å². The van der Waals surface area contributed by atoms with Crippen molar-refractivity contribution in [3.05, 3.63) is 48.0 Å². The maximum Gasteiger partial charge on any atom is 0.415 e. The number of hydrogen-bond donors (Lipinski definition) is 1. The van der Waals surface area contributed by atoms with E-state index in [2.05, 4.69) is 25.4 Å². The van der Waals surface area contributed by atoms with Crippen molar-refractivity contribution in [2.75, 3.05) is 16.8 Å². The van der Waals surface area contributed by atoms with Crippen LogP contribution in [-0.2, 0) is 4.74 Å². The predicted octanol–water partition coefficient (Wildman–Crippen LogP) is 3.99. The number of benzene rings is 1. The number of amides is 1. The lowest BCUT2D eigenvalue weighted by Crippen LogP contribution is -2.37. The van der Waals surface area contributed by atoms with Gasteiger partial charge in [0.25, 0.3) is 0 Å². The van der Waals surface area contributed by atoms with Gasteiger partial charge in [-0.15, -0.1) is 0 Å². The summed E-state index contributed by atoms with van der Waals surface area (Å²) in [5.74, 6) is 2.04. The van der Waals surface area contributed by atoms with Gasteiger partial charge in [0.05, 0.1) is 6.04 Å². The molecule has 4 rings (SSSR count). The Morgan fingerprint density at radius 1 is 1.17 bits per heavy atom. The summed E-state index contributed by atoms with van der Waals surface area (Å²) in [6.07, 6.45) is 1.21. The second-order valence-electron chi connectivity index (χ2n) is 7.63. The topological polar surface area (TPSA) is 106 Å². The molecule has 1 fully saturated rings. The smallest absolute Gasteiger partial charge is 0.415 e. The zero-order valence-corrected chi connectivity index (χ0v) is 17.4. The number of ether oxygens (including phenoxy) is 1. The molecule has 1 aliphatic heterocycles. The van der Waals surface area contributed by atoms with Crippen molar-refractivity contribution in [1.29, 1.82) is 0 Å². The zero-order valence-electron chi connectivity index (χ0n) is 17.4. The third kappa shape index (κ3) is 3.83. The number of hydrogen-bond acceptors (Lipinski definition) is 8. The van der Waals surface area contributed by atoms with Crippen molar-refractivity contribution in [3.8, 4) is 11.4 Å². The van der Waals surface area contributed by atoms with Crippen LogP contribution in [0.25, 0.3) is 11.4 Å². The van der Waals surface area contributed by atoms with E-state index in [1.807, 2.05) is 52.0 Å². The number of rotatable bonds is 6. The van der Waals surface area contributed by atoms with Crippen LogP contribution in [0.4, 0.5) is 16.6 Å². The van der Waals surface area contributed by atoms with Crippen LogP contribution >= 0.6 is 0 Å². The summed E-state index contributed by atoms with van der Waals surface area (Å²) in [6.45, 7) is 8.32. The lowest BCUT2D eigenvalue weighted by Gasteiger charge is -2.23.